The number of aromatic nitrogens is 1. The highest BCUT2D eigenvalue weighted by Crippen LogP contribution is 2.26. The quantitative estimate of drug-likeness (QED) is 0.564. The minimum absolute atomic E-state index is 0.0136. The van der Waals surface area contributed by atoms with E-state index in [9.17, 15) is 18.0 Å². The molecule has 1 aliphatic rings. The number of nitrogens with zero attached hydrogens (tertiary/aromatic N) is 3. The fraction of sp³-hybridized carbons (Fsp3) is 0.417. The molecule has 7 nitrogen and oxygen atoms in total. The number of piperazine rings is 1. The van der Waals surface area contributed by atoms with Crippen LogP contribution in [-0.2, 0) is 22.0 Å². The zero-order valence-corrected chi connectivity index (χ0v) is 21.0. The van der Waals surface area contributed by atoms with Crippen molar-refractivity contribution in [2.75, 3.05) is 26.2 Å². The summed E-state index contributed by atoms with van der Waals surface area (Å²) >= 11 is 1.06. The third-order valence-corrected chi connectivity index (χ3v) is 8.95. The van der Waals surface area contributed by atoms with Gasteiger partial charge in [0.05, 0.1) is 15.1 Å². The lowest BCUT2D eigenvalue weighted by atomic mass is 9.86. The zero-order chi connectivity index (χ0) is 24.0. The number of hydrogen-bond acceptors (Lipinski definition) is 5. The van der Waals surface area contributed by atoms with E-state index in [0.29, 0.717) is 29.9 Å². The van der Waals surface area contributed by atoms with Gasteiger partial charge in [-0.05, 0) is 48.2 Å². The Morgan fingerprint density at radius 1 is 1.00 bits per heavy atom. The Balaban J connectivity index is 1.47. The molecule has 0 unspecified atom stereocenters. The number of thiazole rings is 1. The third kappa shape index (κ3) is 4.49. The molecule has 9 heteroatoms. The molecule has 0 bridgehead atoms. The van der Waals surface area contributed by atoms with Crippen LogP contribution in [0.15, 0.2) is 52.2 Å². The van der Waals surface area contributed by atoms with Crippen molar-refractivity contribution in [1.29, 1.82) is 0 Å². The Kier molecular flexibility index (Phi) is 6.24. The van der Waals surface area contributed by atoms with Crippen LogP contribution in [0.25, 0.3) is 10.2 Å². The molecule has 0 saturated carbocycles. The Bertz CT molecular complexity index is 1340. The smallest absolute Gasteiger partial charge is 0.308 e. The van der Waals surface area contributed by atoms with E-state index in [1.54, 1.807) is 27.7 Å². The summed E-state index contributed by atoms with van der Waals surface area (Å²) in [5, 5.41) is 0. The standard InChI is InChI=1S/C24H29N3O4S2/c1-5-27-20-11-10-19(16-21(20)32-23(27)29)33(30,31)26-14-12-25(13-15-26)22(28)17-6-8-18(9-7-17)24(2,3)4/h6-11,16H,5,12-15H2,1-4H3. The monoisotopic (exact) mass is 487 g/mol. The van der Waals surface area contributed by atoms with Crippen LogP contribution in [0.5, 0.6) is 0 Å². The lowest BCUT2D eigenvalue weighted by Crippen LogP contribution is -2.50. The highest BCUT2D eigenvalue weighted by molar-refractivity contribution is 7.89. The van der Waals surface area contributed by atoms with Crippen molar-refractivity contribution < 1.29 is 13.2 Å². The molecule has 1 amide bonds. The van der Waals surface area contributed by atoms with Crippen molar-refractivity contribution in [3.8, 4) is 0 Å². The highest BCUT2D eigenvalue weighted by atomic mass is 32.2. The van der Waals surface area contributed by atoms with Crippen molar-refractivity contribution in [1.82, 2.24) is 13.8 Å². The lowest BCUT2D eigenvalue weighted by Gasteiger charge is -2.34. The summed E-state index contributed by atoms with van der Waals surface area (Å²) in [5.41, 5.74) is 2.53. The average molecular weight is 488 g/mol. The number of amides is 1. The van der Waals surface area contributed by atoms with Crippen LogP contribution >= 0.6 is 11.3 Å². The zero-order valence-electron chi connectivity index (χ0n) is 19.4. The van der Waals surface area contributed by atoms with Crippen molar-refractivity contribution in [2.24, 2.45) is 0 Å². The fourth-order valence-corrected chi connectivity index (χ4v) is 6.60. The van der Waals surface area contributed by atoms with Gasteiger partial charge in [0.15, 0.2) is 0 Å². The summed E-state index contributed by atoms with van der Waals surface area (Å²) in [4.78, 5) is 26.8. The first-order valence-electron chi connectivity index (χ1n) is 11.1. The fourth-order valence-electron chi connectivity index (χ4n) is 4.08. The summed E-state index contributed by atoms with van der Waals surface area (Å²) in [6.45, 7) is 9.94. The Morgan fingerprint density at radius 2 is 1.64 bits per heavy atom. The molecule has 0 atom stereocenters. The molecular formula is C24H29N3O4S2. The summed E-state index contributed by atoms with van der Waals surface area (Å²) in [6, 6.07) is 12.5. The van der Waals surface area contributed by atoms with Crippen LogP contribution in [0.1, 0.15) is 43.6 Å². The van der Waals surface area contributed by atoms with Crippen molar-refractivity contribution in [3.05, 3.63) is 63.3 Å². The predicted octanol–water partition coefficient (Wildman–Crippen LogP) is 3.53. The van der Waals surface area contributed by atoms with Gasteiger partial charge >= 0.3 is 4.87 Å². The average Bonchev–Trinajstić information content (AvgIpc) is 3.12. The second-order valence-corrected chi connectivity index (χ2v) is 12.2. The van der Waals surface area contributed by atoms with Crippen LogP contribution in [-0.4, -0.2) is 54.3 Å². The van der Waals surface area contributed by atoms with E-state index in [-0.39, 0.29) is 34.2 Å². The normalized spacial score (nSPS) is 15.8. The van der Waals surface area contributed by atoms with Gasteiger partial charge in [-0.25, -0.2) is 8.42 Å². The van der Waals surface area contributed by atoms with E-state index in [4.69, 9.17) is 0 Å². The summed E-state index contributed by atoms with van der Waals surface area (Å²) in [5.74, 6) is -0.0837. The van der Waals surface area contributed by atoms with E-state index >= 15 is 0 Å². The van der Waals surface area contributed by atoms with Crippen molar-refractivity contribution in [3.63, 3.8) is 0 Å². The lowest BCUT2D eigenvalue weighted by molar-refractivity contribution is 0.0698. The van der Waals surface area contributed by atoms with Crippen LogP contribution in [0.4, 0.5) is 0 Å². The number of carbonyl (C=O) groups excluding carboxylic acids is 1. The first-order chi connectivity index (χ1) is 15.5. The molecule has 3 aromatic rings. The molecule has 1 fully saturated rings. The van der Waals surface area contributed by atoms with Gasteiger partial charge in [0.25, 0.3) is 5.91 Å². The SMILES string of the molecule is CCn1c(=O)sc2cc(S(=O)(=O)N3CCN(C(=O)c4ccc(C(C)(C)C)cc4)CC3)ccc21. The minimum Gasteiger partial charge on any atom is -0.336 e. The molecule has 0 radical (unpaired) electrons. The van der Waals surface area contributed by atoms with E-state index in [1.165, 1.54) is 4.31 Å². The highest BCUT2D eigenvalue weighted by Gasteiger charge is 2.31. The van der Waals surface area contributed by atoms with E-state index in [1.807, 2.05) is 31.2 Å². The molecule has 1 aliphatic heterocycles. The molecule has 2 aromatic carbocycles. The number of sulfonamides is 1. The minimum atomic E-state index is -3.71. The van der Waals surface area contributed by atoms with E-state index in [0.717, 1.165) is 22.4 Å². The van der Waals surface area contributed by atoms with Crippen LogP contribution in [0.3, 0.4) is 0 Å². The molecule has 0 N–H and O–H groups in total. The van der Waals surface area contributed by atoms with Gasteiger partial charge in [0.2, 0.25) is 10.0 Å². The largest absolute Gasteiger partial charge is 0.336 e. The van der Waals surface area contributed by atoms with Crippen molar-refractivity contribution in [2.45, 2.75) is 44.6 Å². The van der Waals surface area contributed by atoms with E-state index in [2.05, 4.69) is 20.8 Å². The molecule has 1 aromatic heterocycles. The number of rotatable bonds is 4. The van der Waals surface area contributed by atoms with Gasteiger partial charge in [-0.3, -0.25) is 14.2 Å². The second kappa shape index (κ2) is 8.70. The molecule has 33 heavy (non-hydrogen) atoms. The number of hydrogen-bond donors (Lipinski definition) is 0. The summed E-state index contributed by atoms with van der Waals surface area (Å²) in [7, 11) is -3.71. The van der Waals surface area contributed by atoms with Gasteiger partial charge < -0.3 is 4.90 Å². The summed E-state index contributed by atoms with van der Waals surface area (Å²) < 4.78 is 30.1. The summed E-state index contributed by atoms with van der Waals surface area (Å²) in [6.07, 6.45) is 0. The Hall–Kier alpha value is -2.49. The number of fused-ring (bicyclic) bond motifs is 1. The van der Waals surface area contributed by atoms with Gasteiger partial charge in [0.1, 0.15) is 0 Å². The Labute approximate surface area is 198 Å². The molecule has 0 aliphatic carbocycles. The maximum Gasteiger partial charge on any atom is 0.308 e. The molecular weight excluding hydrogens is 458 g/mol. The van der Waals surface area contributed by atoms with Gasteiger partial charge in [-0.2, -0.15) is 4.31 Å². The first kappa shape index (κ1) is 23.7. The number of carbonyl (C=O) groups is 1. The number of aryl methyl sites for hydroxylation is 1. The van der Waals surface area contributed by atoms with Crippen LogP contribution in [0, 0.1) is 0 Å². The maximum atomic E-state index is 13.2. The van der Waals surface area contributed by atoms with Crippen LogP contribution < -0.4 is 4.87 Å². The van der Waals surface area contributed by atoms with Crippen LogP contribution in [0.2, 0.25) is 0 Å². The molecule has 2 heterocycles. The van der Waals surface area contributed by atoms with Crippen molar-refractivity contribution >= 4 is 37.5 Å². The molecule has 4 rings (SSSR count). The molecule has 176 valence electrons. The van der Waals surface area contributed by atoms with Gasteiger partial charge in [0, 0.05) is 38.3 Å². The van der Waals surface area contributed by atoms with E-state index < -0.39 is 10.0 Å². The predicted molar refractivity (Wildman–Crippen MR) is 132 cm³/mol. The maximum absolute atomic E-state index is 13.2. The second-order valence-electron chi connectivity index (χ2n) is 9.27. The van der Waals surface area contributed by atoms with Gasteiger partial charge in [-0.15, -0.1) is 0 Å². The van der Waals surface area contributed by atoms with Gasteiger partial charge in [-0.1, -0.05) is 44.2 Å². The topological polar surface area (TPSA) is 79.7 Å². The Morgan fingerprint density at radius 3 is 2.21 bits per heavy atom. The molecule has 0 spiro atoms. The number of benzene rings is 2. The molecule has 1 saturated heterocycles. The third-order valence-electron chi connectivity index (χ3n) is 6.12. The first-order valence-corrected chi connectivity index (χ1v) is 13.3.